The molecular weight excluding hydrogens is 206 g/mol. The van der Waals surface area contributed by atoms with Crippen molar-refractivity contribution in [2.75, 3.05) is 18.4 Å². The molecule has 0 aliphatic rings. The molecule has 0 radical (unpaired) electrons. The lowest BCUT2D eigenvalue weighted by Crippen LogP contribution is -2.28. The first-order valence-electron chi connectivity index (χ1n) is 4.91. The summed E-state index contributed by atoms with van der Waals surface area (Å²) in [5.41, 5.74) is 0.496. The van der Waals surface area contributed by atoms with Gasteiger partial charge in [-0.1, -0.05) is 6.08 Å². The molecule has 1 rings (SSSR count). The average Bonchev–Trinajstić information content (AvgIpc) is 2.24. The van der Waals surface area contributed by atoms with Gasteiger partial charge in [0.15, 0.2) is 0 Å². The van der Waals surface area contributed by atoms with Gasteiger partial charge >= 0.3 is 0 Å². The van der Waals surface area contributed by atoms with E-state index < -0.39 is 0 Å². The minimum absolute atomic E-state index is 0.109. The Kier molecular flexibility index (Phi) is 4.47. The molecule has 0 aliphatic heterocycles. The van der Waals surface area contributed by atoms with E-state index in [0.717, 1.165) is 0 Å². The molecule has 0 spiro atoms. The number of pyridine rings is 1. The Balaban J connectivity index is 2.53. The fraction of sp³-hybridized carbons (Fsp3) is 0.273. The SMILES string of the molecule is C=CCNCC(=O)Nc1ccc(=O)n(C)c1. The summed E-state index contributed by atoms with van der Waals surface area (Å²) in [6.07, 6.45) is 3.26. The maximum Gasteiger partial charge on any atom is 0.250 e. The van der Waals surface area contributed by atoms with Crippen molar-refractivity contribution in [1.29, 1.82) is 0 Å². The molecule has 1 aromatic heterocycles. The van der Waals surface area contributed by atoms with Crippen LogP contribution in [0.15, 0.2) is 35.8 Å². The van der Waals surface area contributed by atoms with Gasteiger partial charge in [-0.15, -0.1) is 6.58 Å². The molecule has 16 heavy (non-hydrogen) atoms. The number of aryl methyl sites for hydroxylation is 1. The predicted molar refractivity (Wildman–Crippen MR) is 63.4 cm³/mol. The number of nitrogens with zero attached hydrogens (tertiary/aromatic N) is 1. The molecule has 0 unspecified atom stereocenters. The first-order chi connectivity index (χ1) is 7.63. The van der Waals surface area contributed by atoms with Gasteiger partial charge in [-0.05, 0) is 6.07 Å². The van der Waals surface area contributed by atoms with Crippen molar-refractivity contribution in [3.8, 4) is 0 Å². The number of nitrogens with one attached hydrogen (secondary N) is 2. The van der Waals surface area contributed by atoms with Crippen LogP contribution >= 0.6 is 0 Å². The summed E-state index contributed by atoms with van der Waals surface area (Å²) in [4.78, 5) is 22.5. The third-order valence-electron chi connectivity index (χ3n) is 1.94. The summed E-state index contributed by atoms with van der Waals surface area (Å²) in [5.74, 6) is -0.152. The van der Waals surface area contributed by atoms with Gasteiger partial charge in [0.05, 0.1) is 12.2 Å². The lowest BCUT2D eigenvalue weighted by Gasteiger charge is -2.06. The zero-order chi connectivity index (χ0) is 12.0. The van der Waals surface area contributed by atoms with Crippen LogP contribution in [0.5, 0.6) is 0 Å². The Labute approximate surface area is 93.8 Å². The van der Waals surface area contributed by atoms with Crippen LogP contribution in [0.25, 0.3) is 0 Å². The highest BCUT2D eigenvalue weighted by Gasteiger charge is 2.01. The van der Waals surface area contributed by atoms with E-state index in [4.69, 9.17) is 0 Å². The number of hydrogen-bond acceptors (Lipinski definition) is 3. The Morgan fingerprint density at radius 3 is 2.94 bits per heavy atom. The molecule has 1 heterocycles. The summed E-state index contributed by atoms with van der Waals surface area (Å²) >= 11 is 0. The monoisotopic (exact) mass is 221 g/mol. The Hall–Kier alpha value is -1.88. The van der Waals surface area contributed by atoms with Gasteiger partial charge in [-0.2, -0.15) is 0 Å². The molecule has 0 aliphatic carbocycles. The third kappa shape index (κ3) is 3.70. The molecule has 0 bridgehead atoms. The van der Waals surface area contributed by atoms with Gasteiger partial charge in [0, 0.05) is 25.9 Å². The van der Waals surface area contributed by atoms with Gasteiger partial charge in [0.1, 0.15) is 0 Å². The fourth-order valence-corrected chi connectivity index (χ4v) is 1.16. The van der Waals surface area contributed by atoms with Crippen molar-refractivity contribution in [2.45, 2.75) is 0 Å². The zero-order valence-corrected chi connectivity index (χ0v) is 9.19. The Morgan fingerprint density at radius 1 is 1.56 bits per heavy atom. The molecule has 5 nitrogen and oxygen atoms in total. The smallest absolute Gasteiger partial charge is 0.250 e. The highest BCUT2D eigenvalue weighted by molar-refractivity contribution is 5.92. The van der Waals surface area contributed by atoms with E-state index in [1.807, 2.05) is 0 Å². The highest BCUT2D eigenvalue weighted by Crippen LogP contribution is 2.01. The molecule has 0 aromatic carbocycles. The second kappa shape index (κ2) is 5.87. The standard InChI is InChI=1S/C11H15N3O2/c1-3-6-12-7-10(15)13-9-4-5-11(16)14(2)8-9/h3-5,8,12H,1,6-7H2,2H3,(H,13,15). The predicted octanol–water partition coefficient (Wildman–Crippen LogP) is 0.0994. The van der Waals surface area contributed by atoms with Crippen molar-refractivity contribution in [2.24, 2.45) is 7.05 Å². The number of rotatable bonds is 5. The lowest BCUT2D eigenvalue weighted by molar-refractivity contribution is -0.115. The topological polar surface area (TPSA) is 63.1 Å². The first kappa shape index (κ1) is 12.2. The molecule has 1 amide bonds. The van der Waals surface area contributed by atoms with Gasteiger partial charge in [0.2, 0.25) is 11.5 Å². The summed E-state index contributed by atoms with van der Waals surface area (Å²) < 4.78 is 1.41. The third-order valence-corrected chi connectivity index (χ3v) is 1.94. The van der Waals surface area contributed by atoms with E-state index in [-0.39, 0.29) is 18.0 Å². The molecule has 2 N–H and O–H groups in total. The second-order valence-corrected chi connectivity index (χ2v) is 3.33. The van der Waals surface area contributed by atoms with Gasteiger partial charge in [-0.3, -0.25) is 9.59 Å². The molecule has 0 saturated heterocycles. The van der Waals surface area contributed by atoms with Crippen molar-refractivity contribution < 1.29 is 4.79 Å². The fourth-order valence-electron chi connectivity index (χ4n) is 1.16. The molecule has 1 aromatic rings. The largest absolute Gasteiger partial charge is 0.324 e. The molecule has 0 saturated carbocycles. The van der Waals surface area contributed by atoms with Gasteiger partial charge in [0.25, 0.3) is 0 Å². The van der Waals surface area contributed by atoms with E-state index in [2.05, 4.69) is 17.2 Å². The molecule has 0 fully saturated rings. The number of amides is 1. The highest BCUT2D eigenvalue weighted by atomic mass is 16.2. The van der Waals surface area contributed by atoms with E-state index in [9.17, 15) is 9.59 Å². The van der Waals surface area contributed by atoms with Crippen LogP contribution in [0.3, 0.4) is 0 Å². The summed E-state index contributed by atoms with van der Waals surface area (Å²) in [5, 5.41) is 5.56. The number of aromatic nitrogens is 1. The van der Waals surface area contributed by atoms with Crippen molar-refractivity contribution in [3.05, 3.63) is 41.3 Å². The van der Waals surface area contributed by atoms with Crippen LogP contribution in [0.2, 0.25) is 0 Å². The normalized spacial score (nSPS) is 9.81. The van der Waals surface area contributed by atoms with Crippen LogP contribution in [0.1, 0.15) is 0 Å². The van der Waals surface area contributed by atoms with Crippen LogP contribution in [0, 0.1) is 0 Å². The minimum Gasteiger partial charge on any atom is -0.324 e. The van der Waals surface area contributed by atoms with Crippen LogP contribution in [0.4, 0.5) is 5.69 Å². The maximum atomic E-state index is 11.4. The van der Waals surface area contributed by atoms with Crippen molar-refractivity contribution >= 4 is 11.6 Å². The summed E-state index contributed by atoms with van der Waals surface area (Å²) in [6.45, 7) is 4.33. The van der Waals surface area contributed by atoms with E-state index >= 15 is 0 Å². The van der Waals surface area contributed by atoms with E-state index in [1.54, 1.807) is 25.4 Å². The molecule has 86 valence electrons. The minimum atomic E-state index is -0.152. The number of carbonyl (C=O) groups excluding carboxylic acids is 1. The van der Waals surface area contributed by atoms with Crippen molar-refractivity contribution in [3.63, 3.8) is 0 Å². The zero-order valence-electron chi connectivity index (χ0n) is 9.19. The van der Waals surface area contributed by atoms with Gasteiger partial charge < -0.3 is 15.2 Å². The van der Waals surface area contributed by atoms with Gasteiger partial charge in [-0.25, -0.2) is 0 Å². The Bertz CT molecular complexity index is 437. The molecule has 5 heteroatoms. The van der Waals surface area contributed by atoms with Crippen LogP contribution in [-0.2, 0) is 11.8 Å². The first-order valence-corrected chi connectivity index (χ1v) is 4.91. The molecular formula is C11H15N3O2. The number of anilines is 1. The van der Waals surface area contributed by atoms with Crippen LogP contribution in [-0.4, -0.2) is 23.6 Å². The molecule has 0 atom stereocenters. The lowest BCUT2D eigenvalue weighted by atomic mass is 10.4. The Morgan fingerprint density at radius 2 is 2.31 bits per heavy atom. The van der Waals surface area contributed by atoms with E-state index in [1.165, 1.54) is 10.6 Å². The van der Waals surface area contributed by atoms with E-state index in [0.29, 0.717) is 12.2 Å². The maximum absolute atomic E-state index is 11.4. The summed E-state index contributed by atoms with van der Waals surface area (Å²) in [6, 6.07) is 2.99. The quantitative estimate of drug-likeness (QED) is 0.547. The van der Waals surface area contributed by atoms with Crippen LogP contribution < -0.4 is 16.2 Å². The number of carbonyl (C=O) groups is 1. The summed E-state index contributed by atoms with van der Waals surface area (Å²) in [7, 11) is 1.63. The van der Waals surface area contributed by atoms with Crippen molar-refractivity contribution in [1.82, 2.24) is 9.88 Å². The second-order valence-electron chi connectivity index (χ2n) is 3.33. The number of hydrogen-bond donors (Lipinski definition) is 2. The average molecular weight is 221 g/mol.